The summed E-state index contributed by atoms with van der Waals surface area (Å²) in [4.78, 5) is 0. The van der Waals surface area contributed by atoms with Gasteiger partial charge in [0.15, 0.2) is 0 Å². The largest absolute Gasteiger partial charge is 0.396 e. The molecular weight excluding hydrogens is 222 g/mol. The predicted octanol–water partition coefficient (Wildman–Crippen LogP) is 3.49. The molecule has 2 nitrogen and oxygen atoms in total. The fraction of sp³-hybridized carbons (Fsp3) is 1.00. The number of aliphatic hydroxyl groups excluding tert-OH is 1. The van der Waals surface area contributed by atoms with E-state index in [1.165, 1.54) is 64.2 Å². The molecule has 0 bridgehead atoms. The molecule has 0 aromatic heterocycles. The van der Waals surface area contributed by atoms with Crippen LogP contribution in [0.2, 0.25) is 0 Å². The van der Waals surface area contributed by atoms with Crippen molar-refractivity contribution >= 4 is 0 Å². The highest BCUT2D eigenvalue weighted by Crippen LogP contribution is 2.30. The van der Waals surface area contributed by atoms with Crippen molar-refractivity contribution in [1.82, 2.24) is 5.32 Å². The van der Waals surface area contributed by atoms with Gasteiger partial charge in [0, 0.05) is 18.7 Å². The second kappa shape index (κ2) is 7.49. The van der Waals surface area contributed by atoms with Gasteiger partial charge < -0.3 is 10.4 Å². The minimum atomic E-state index is 0.378. The standard InChI is InChI=1S/C16H31NO/c1-2-5-13-6-3-8-15(11-10-13)17-16-9-4-7-14(16)12-18/h13-18H,2-12H2,1H3. The van der Waals surface area contributed by atoms with Gasteiger partial charge in [-0.1, -0.05) is 39.0 Å². The van der Waals surface area contributed by atoms with Gasteiger partial charge in [0.2, 0.25) is 0 Å². The van der Waals surface area contributed by atoms with Crippen molar-refractivity contribution in [2.45, 2.75) is 83.2 Å². The minimum absolute atomic E-state index is 0.378. The molecule has 0 spiro atoms. The van der Waals surface area contributed by atoms with Crippen LogP contribution in [-0.4, -0.2) is 23.8 Å². The van der Waals surface area contributed by atoms with E-state index in [0.29, 0.717) is 18.6 Å². The number of nitrogens with one attached hydrogen (secondary N) is 1. The van der Waals surface area contributed by atoms with Crippen molar-refractivity contribution in [2.24, 2.45) is 11.8 Å². The molecule has 2 aliphatic rings. The summed E-state index contributed by atoms with van der Waals surface area (Å²) < 4.78 is 0. The van der Waals surface area contributed by atoms with Crippen molar-refractivity contribution in [3.8, 4) is 0 Å². The van der Waals surface area contributed by atoms with E-state index >= 15 is 0 Å². The molecule has 2 saturated carbocycles. The van der Waals surface area contributed by atoms with E-state index in [1.807, 2.05) is 0 Å². The summed E-state index contributed by atoms with van der Waals surface area (Å²) >= 11 is 0. The lowest BCUT2D eigenvalue weighted by Crippen LogP contribution is -2.41. The summed E-state index contributed by atoms with van der Waals surface area (Å²) in [7, 11) is 0. The van der Waals surface area contributed by atoms with E-state index in [1.54, 1.807) is 0 Å². The third kappa shape index (κ3) is 3.96. The van der Waals surface area contributed by atoms with Gasteiger partial charge in [-0.15, -0.1) is 0 Å². The summed E-state index contributed by atoms with van der Waals surface area (Å²) in [6.07, 6.45) is 13.6. The molecule has 0 radical (unpaired) electrons. The third-order valence-electron chi connectivity index (χ3n) is 5.13. The first-order valence-corrected chi connectivity index (χ1v) is 8.20. The summed E-state index contributed by atoms with van der Waals surface area (Å²) in [5, 5.41) is 13.3. The van der Waals surface area contributed by atoms with Crippen molar-refractivity contribution in [3.63, 3.8) is 0 Å². The normalized spacial score (nSPS) is 37.7. The molecule has 2 rings (SSSR count). The maximum Gasteiger partial charge on any atom is 0.0474 e. The molecule has 0 heterocycles. The molecule has 2 aliphatic carbocycles. The molecule has 18 heavy (non-hydrogen) atoms. The Morgan fingerprint density at radius 3 is 2.61 bits per heavy atom. The molecular formula is C16H31NO. The molecule has 2 fully saturated rings. The summed E-state index contributed by atoms with van der Waals surface area (Å²) in [6.45, 7) is 2.69. The summed E-state index contributed by atoms with van der Waals surface area (Å²) in [6, 6.07) is 1.33. The van der Waals surface area contributed by atoms with Crippen LogP contribution in [0.1, 0.15) is 71.1 Å². The van der Waals surface area contributed by atoms with E-state index < -0.39 is 0 Å². The Balaban J connectivity index is 1.76. The summed E-state index contributed by atoms with van der Waals surface area (Å²) in [5.41, 5.74) is 0. The van der Waals surface area contributed by atoms with Gasteiger partial charge in [0.05, 0.1) is 0 Å². The average molecular weight is 253 g/mol. The highest BCUT2D eigenvalue weighted by atomic mass is 16.3. The predicted molar refractivity (Wildman–Crippen MR) is 76.6 cm³/mol. The first-order valence-electron chi connectivity index (χ1n) is 8.20. The Kier molecular flexibility index (Phi) is 5.97. The second-order valence-corrected chi connectivity index (χ2v) is 6.51. The fourth-order valence-electron chi connectivity index (χ4n) is 4.02. The zero-order valence-electron chi connectivity index (χ0n) is 12.0. The van der Waals surface area contributed by atoms with Crippen LogP contribution in [0, 0.1) is 11.8 Å². The molecule has 0 amide bonds. The van der Waals surface area contributed by atoms with Crippen LogP contribution in [0.25, 0.3) is 0 Å². The first-order chi connectivity index (χ1) is 8.83. The van der Waals surface area contributed by atoms with Crippen molar-refractivity contribution in [3.05, 3.63) is 0 Å². The zero-order valence-corrected chi connectivity index (χ0v) is 12.0. The number of hydrogen-bond donors (Lipinski definition) is 2. The third-order valence-corrected chi connectivity index (χ3v) is 5.13. The van der Waals surface area contributed by atoms with Crippen LogP contribution < -0.4 is 5.32 Å². The summed E-state index contributed by atoms with van der Waals surface area (Å²) in [5.74, 6) is 1.51. The molecule has 4 unspecified atom stereocenters. The lowest BCUT2D eigenvalue weighted by Gasteiger charge is -2.25. The smallest absolute Gasteiger partial charge is 0.0474 e. The van der Waals surface area contributed by atoms with E-state index in [0.717, 1.165) is 12.0 Å². The van der Waals surface area contributed by atoms with Gasteiger partial charge in [-0.25, -0.2) is 0 Å². The molecule has 4 atom stereocenters. The second-order valence-electron chi connectivity index (χ2n) is 6.51. The lowest BCUT2D eigenvalue weighted by atomic mass is 9.95. The Morgan fingerprint density at radius 1 is 1.00 bits per heavy atom. The van der Waals surface area contributed by atoms with E-state index in [9.17, 15) is 5.11 Å². The van der Waals surface area contributed by atoms with Gasteiger partial charge in [0.25, 0.3) is 0 Å². The highest BCUT2D eigenvalue weighted by molar-refractivity contribution is 4.86. The van der Waals surface area contributed by atoms with Crippen LogP contribution in [0.5, 0.6) is 0 Å². The van der Waals surface area contributed by atoms with Crippen LogP contribution in [0.15, 0.2) is 0 Å². The molecule has 0 aromatic carbocycles. The number of rotatable bonds is 5. The van der Waals surface area contributed by atoms with E-state index in [4.69, 9.17) is 0 Å². The fourth-order valence-corrected chi connectivity index (χ4v) is 4.02. The molecule has 2 N–H and O–H groups in total. The zero-order chi connectivity index (χ0) is 12.8. The minimum Gasteiger partial charge on any atom is -0.396 e. The Morgan fingerprint density at radius 2 is 1.83 bits per heavy atom. The topological polar surface area (TPSA) is 32.3 Å². The van der Waals surface area contributed by atoms with Gasteiger partial charge in [-0.05, 0) is 43.9 Å². The molecule has 0 aliphatic heterocycles. The van der Waals surface area contributed by atoms with Gasteiger partial charge in [0.1, 0.15) is 0 Å². The van der Waals surface area contributed by atoms with E-state index in [2.05, 4.69) is 12.2 Å². The van der Waals surface area contributed by atoms with Gasteiger partial charge in [-0.2, -0.15) is 0 Å². The lowest BCUT2D eigenvalue weighted by molar-refractivity contribution is 0.197. The SMILES string of the molecule is CCCC1CCCC(NC2CCCC2CO)CC1. The van der Waals surface area contributed by atoms with Crippen molar-refractivity contribution < 1.29 is 5.11 Å². The Hall–Kier alpha value is -0.0800. The number of hydrogen-bond acceptors (Lipinski definition) is 2. The average Bonchev–Trinajstić information content (AvgIpc) is 2.71. The van der Waals surface area contributed by atoms with E-state index in [-0.39, 0.29) is 0 Å². The first kappa shape index (κ1) is 14.3. The van der Waals surface area contributed by atoms with Gasteiger partial charge >= 0.3 is 0 Å². The van der Waals surface area contributed by atoms with Gasteiger partial charge in [-0.3, -0.25) is 0 Å². The molecule has 106 valence electrons. The Bertz CT molecular complexity index is 231. The number of aliphatic hydroxyl groups is 1. The molecule has 0 aromatic rings. The molecule has 2 heteroatoms. The van der Waals surface area contributed by atoms with Crippen LogP contribution >= 0.6 is 0 Å². The van der Waals surface area contributed by atoms with Crippen molar-refractivity contribution in [1.29, 1.82) is 0 Å². The maximum absolute atomic E-state index is 9.39. The van der Waals surface area contributed by atoms with Crippen LogP contribution in [-0.2, 0) is 0 Å². The monoisotopic (exact) mass is 253 g/mol. The van der Waals surface area contributed by atoms with Crippen LogP contribution in [0.3, 0.4) is 0 Å². The Labute approximate surface area is 113 Å². The quantitative estimate of drug-likeness (QED) is 0.735. The van der Waals surface area contributed by atoms with Crippen LogP contribution in [0.4, 0.5) is 0 Å². The maximum atomic E-state index is 9.39. The van der Waals surface area contributed by atoms with Crippen molar-refractivity contribution in [2.75, 3.05) is 6.61 Å². The highest BCUT2D eigenvalue weighted by Gasteiger charge is 2.29. The molecule has 0 saturated heterocycles.